The van der Waals surface area contributed by atoms with Crippen LogP contribution in [0.1, 0.15) is 6.42 Å². The van der Waals surface area contributed by atoms with Crippen LogP contribution in [0, 0.1) is 5.82 Å². The minimum Gasteiger partial charge on any atom is -0.392 e. The molecule has 0 bridgehead atoms. The molecule has 1 aromatic rings. The van der Waals surface area contributed by atoms with Gasteiger partial charge in [-0.15, -0.1) is 0 Å². The van der Waals surface area contributed by atoms with E-state index in [1.165, 1.54) is 12.1 Å². The molecule has 1 N–H and O–H groups in total. The Balaban J connectivity index is 2.38. The molecule has 0 saturated carbocycles. The lowest BCUT2D eigenvalue weighted by atomic mass is 10.3. The number of rotatable bonds is 2. The lowest BCUT2D eigenvalue weighted by Crippen LogP contribution is -2.30. The van der Waals surface area contributed by atoms with Gasteiger partial charge in [0.25, 0.3) is 0 Å². The Morgan fingerprint density at radius 2 is 2.18 bits per heavy atom. The van der Waals surface area contributed by atoms with Gasteiger partial charge in [0.1, 0.15) is 10.7 Å². The number of β-amino-alcohol motifs (C(OH)–C–C–N with tert-alkyl or cyclic N) is 1. The molecule has 0 unspecified atom stereocenters. The summed E-state index contributed by atoms with van der Waals surface area (Å²) in [6.07, 6.45) is -0.277. The fourth-order valence-electron chi connectivity index (χ4n) is 1.75. The van der Waals surface area contributed by atoms with E-state index in [-0.39, 0.29) is 18.0 Å². The van der Waals surface area contributed by atoms with E-state index >= 15 is 0 Å². The van der Waals surface area contributed by atoms with Gasteiger partial charge in [0.2, 0.25) is 10.0 Å². The van der Waals surface area contributed by atoms with Crippen LogP contribution < -0.4 is 0 Å². The minimum absolute atomic E-state index is 0.0256. The van der Waals surface area contributed by atoms with Crippen molar-refractivity contribution in [2.45, 2.75) is 17.4 Å². The summed E-state index contributed by atoms with van der Waals surface area (Å²) >= 11 is 3.07. The molecule has 0 amide bonds. The molecule has 1 aromatic carbocycles. The van der Waals surface area contributed by atoms with Gasteiger partial charge in [-0.25, -0.2) is 12.8 Å². The zero-order valence-corrected chi connectivity index (χ0v) is 11.2. The van der Waals surface area contributed by atoms with E-state index < -0.39 is 21.9 Å². The quantitative estimate of drug-likeness (QED) is 0.893. The molecule has 0 aromatic heterocycles. The summed E-state index contributed by atoms with van der Waals surface area (Å²) in [7, 11) is -3.84. The van der Waals surface area contributed by atoms with Crippen LogP contribution in [-0.2, 0) is 10.0 Å². The number of nitrogens with zero attached hydrogens (tertiary/aromatic N) is 1. The van der Waals surface area contributed by atoms with E-state index in [2.05, 4.69) is 15.9 Å². The van der Waals surface area contributed by atoms with Gasteiger partial charge in [-0.05, 0) is 24.6 Å². The summed E-state index contributed by atoms with van der Waals surface area (Å²) in [6.45, 7) is 0.247. The van der Waals surface area contributed by atoms with Crippen molar-refractivity contribution in [1.29, 1.82) is 0 Å². The Bertz CT molecular complexity index is 534. The molecule has 94 valence electrons. The summed E-state index contributed by atoms with van der Waals surface area (Å²) in [5.41, 5.74) is 0. The topological polar surface area (TPSA) is 57.6 Å². The first kappa shape index (κ1) is 12.9. The maximum atomic E-state index is 13.6. The van der Waals surface area contributed by atoms with Crippen molar-refractivity contribution >= 4 is 26.0 Å². The Labute approximate surface area is 107 Å². The molecule has 1 aliphatic heterocycles. The number of halogens is 2. The minimum atomic E-state index is -3.84. The van der Waals surface area contributed by atoms with Gasteiger partial charge in [-0.2, -0.15) is 4.31 Å². The zero-order valence-electron chi connectivity index (χ0n) is 8.81. The van der Waals surface area contributed by atoms with Gasteiger partial charge < -0.3 is 5.11 Å². The summed E-state index contributed by atoms with van der Waals surface area (Å²) in [5.74, 6) is -0.791. The number of hydrogen-bond donors (Lipinski definition) is 1. The molecule has 1 saturated heterocycles. The highest BCUT2D eigenvalue weighted by atomic mass is 79.9. The van der Waals surface area contributed by atoms with Crippen molar-refractivity contribution in [3.05, 3.63) is 28.5 Å². The smallest absolute Gasteiger partial charge is 0.246 e. The Hall–Kier alpha value is -0.500. The molecule has 2 rings (SSSR count). The maximum absolute atomic E-state index is 13.6. The molecular formula is C10H11BrFNO3S. The molecule has 17 heavy (non-hydrogen) atoms. The number of hydrogen-bond acceptors (Lipinski definition) is 3. The van der Waals surface area contributed by atoms with E-state index in [0.29, 0.717) is 10.9 Å². The Morgan fingerprint density at radius 1 is 1.47 bits per heavy atom. The maximum Gasteiger partial charge on any atom is 0.246 e. The zero-order chi connectivity index (χ0) is 12.6. The summed E-state index contributed by atoms with van der Waals surface area (Å²) in [6, 6.07) is 3.81. The van der Waals surface area contributed by atoms with Crippen LogP contribution in [0.4, 0.5) is 4.39 Å². The second-order valence-corrected chi connectivity index (χ2v) is 6.70. The molecule has 0 aliphatic carbocycles. The van der Waals surface area contributed by atoms with Gasteiger partial charge in [0.05, 0.1) is 6.10 Å². The highest BCUT2D eigenvalue weighted by Crippen LogP contribution is 2.25. The van der Waals surface area contributed by atoms with Crippen LogP contribution >= 0.6 is 15.9 Å². The van der Waals surface area contributed by atoms with E-state index in [0.717, 1.165) is 10.4 Å². The summed E-state index contributed by atoms with van der Waals surface area (Å²) < 4.78 is 39.3. The van der Waals surface area contributed by atoms with Crippen LogP contribution in [0.25, 0.3) is 0 Å². The van der Waals surface area contributed by atoms with Crippen LogP contribution in [0.3, 0.4) is 0 Å². The third-order valence-corrected chi connectivity index (χ3v) is 5.03. The summed E-state index contributed by atoms with van der Waals surface area (Å²) in [5, 5.41) is 9.32. The van der Waals surface area contributed by atoms with E-state index in [1.807, 2.05) is 0 Å². The van der Waals surface area contributed by atoms with Crippen molar-refractivity contribution in [3.8, 4) is 0 Å². The standard InChI is InChI=1S/C10H11BrFNO3S/c11-7-1-2-10(9(12)5-7)17(15,16)13-4-3-8(14)6-13/h1-2,5,8,14H,3-4,6H2/t8-/m0/s1. The van der Waals surface area contributed by atoms with Gasteiger partial charge in [0.15, 0.2) is 0 Å². The predicted octanol–water partition coefficient (Wildman–Crippen LogP) is 1.34. The molecule has 0 spiro atoms. The van der Waals surface area contributed by atoms with E-state index in [4.69, 9.17) is 0 Å². The normalized spacial score (nSPS) is 21.9. The highest BCUT2D eigenvalue weighted by Gasteiger charge is 2.33. The number of aliphatic hydroxyl groups excluding tert-OH is 1. The molecule has 1 atom stereocenters. The first-order valence-corrected chi connectivity index (χ1v) is 7.28. The Morgan fingerprint density at radius 3 is 2.71 bits per heavy atom. The highest BCUT2D eigenvalue weighted by molar-refractivity contribution is 9.10. The van der Waals surface area contributed by atoms with Crippen molar-refractivity contribution in [2.75, 3.05) is 13.1 Å². The SMILES string of the molecule is O=S(=O)(c1ccc(Br)cc1F)N1CC[C@H](O)C1. The second kappa shape index (κ2) is 4.64. The third-order valence-electron chi connectivity index (χ3n) is 2.64. The first-order chi connectivity index (χ1) is 7.91. The van der Waals surface area contributed by atoms with Crippen LogP contribution in [-0.4, -0.2) is 37.0 Å². The van der Waals surface area contributed by atoms with Crippen molar-refractivity contribution in [1.82, 2.24) is 4.31 Å². The molecule has 1 fully saturated rings. The average Bonchev–Trinajstić information content (AvgIpc) is 2.64. The molecule has 4 nitrogen and oxygen atoms in total. The summed E-state index contributed by atoms with van der Waals surface area (Å²) in [4.78, 5) is -0.352. The lowest BCUT2D eigenvalue weighted by Gasteiger charge is -2.16. The first-order valence-electron chi connectivity index (χ1n) is 5.04. The number of aliphatic hydroxyl groups is 1. The van der Waals surface area contributed by atoms with Crippen LogP contribution in [0.2, 0.25) is 0 Å². The van der Waals surface area contributed by atoms with Crippen molar-refractivity contribution < 1.29 is 17.9 Å². The van der Waals surface area contributed by atoms with Crippen molar-refractivity contribution in [2.24, 2.45) is 0 Å². The number of benzene rings is 1. The average molecular weight is 324 g/mol. The van der Waals surface area contributed by atoms with Gasteiger partial charge in [0, 0.05) is 17.6 Å². The van der Waals surface area contributed by atoms with E-state index in [1.54, 1.807) is 0 Å². The van der Waals surface area contributed by atoms with Crippen LogP contribution in [0.15, 0.2) is 27.6 Å². The monoisotopic (exact) mass is 323 g/mol. The van der Waals surface area contributed by atoms with Gasteiger partial charge in [-0.1, -0.05) is 15.9 Å². The molecule has 1 aliphatic rings. The third kappa shape index (κ3) is 2.52. The lowest BCUT2D eigenvalue weighted by molar-refractivity contribution is 0.189. The molecule has 1 heterocycles. The Kier molecular flexibility index (Phi) is 3.53. The predicted molar refractivity (Wildman–Crippen MR) is 63.5 cm³/mol. The largest absolute Gasteiger partial charge is 0.392 e. The van der Waals surface area contributed by atoms with Gasteiger partial charge >= 0.3 is 0 Å². The van der Waals surface area contributed by atoms with Gasteiger partial charge in [-0.3, -0.25) is 0 Å². The second-order valence-electron chi connectivity index (χ2n) is 3.88. The van der Waals surface area contributed by atoms with E-state index in [9.17, 15) is 17.9 Å². The van der Waals surface area contributed by atoms with Crippen LogP contribution in [0.5, 0.6) is 0 Å². The number of sulfonamides is 1. The van der Waals surface area contributed by atoms with Crippen molar-refractivity contribution in [3.63, 3.8) is 0 Å². The fraction of sp³-hybridized carbons (Fsp3) is 0.400. The fourth-order valence-corrected chi connectivity index (χ4v) is 3.62. The molecular weight excluding hydrogens is 313 g/mol. The molecule has 0 radical (unpaired) electrons. The molecule has 7 heteroatoms.